The minimum atomic E-state index is -0.572. The topological polar surface area (TPSA) is 169 Å². The summed E-state index contributed by atoms with van der Waals surface area (Å²) in [7, 11) is 0. The lowest BCUT2D eigenvalue weighted by Crippen LogP contribution is -2.40. The van der Waals surface area contributed by atoms with E-state index < -0.39 is 11.7 Å². The molecule has 150 valence electrons. The van der Waals surface area contributed by atoms with Gasteiger partial charge in [0.1, 0.15) is 17.2 Å². The second kappa shape index (κ2) is 8.99. The first kappa shape index (κ1) is 20.0. The number of amides is 1. The number of nitrogens with two attached hydrogens (primary N) is 2. The number of allylic oxidation sites excluding steroid dienone is 1. The van der Waals surface area contributed by atoms with Gasteiger partial charge in [-0.3, -0.25) is 15.2 Å². The van der Waals surface area contributed by atoms with E-state index in [-0.39, 0.29) is 23.9 Å². The van der Waals surface area contributed by atoms with E-state index in [1.165, 1.54) is 6.21 Å². The molecule has 0 unspecified atom stereocenters. The highest BCUT2D eigenvalue weighted by Gasteiger charge is 2.23. The first-order valence-corrected chi connectivity index (χ1v) is 9.20. The average molecular weight is 393 g/mol. The number of amidine groups is 1. The van der Waals surface area contributed by atoms with E-state index >= 15 is 0 Å². The Morgan fingerprint density at radius 3 is 2.83 bits per heavy atom. The normalized spacial score (nSPS) is 18.3. The molecule has 0 atom stereocenters. The van der Waals surface area contributed by atoms with Gasteiger partial charge < -0.3 is 27.0 Å². The molecular formula is C19H23N9O. The van der Waals surface area contributed by atoms with Crippen LogP contribution in [0.4, 0.5) is 11.4 Å². The molecule has 7 N–H and O–H groups in total. The van der Waals surface area contributed by atoms with Gasteiger partial charge in [-0.25, -0.2) is 4.99 Å². The van der Waals surface area contributed by atoms with Crippen LogP contribution in [-0.4, -0.2) is 42.1 Å². The molecule has 0 saturated carbocycles. The molecule has 1 aromatic rings. The maximum absolute atomic E-state index is 12.9. The number of nitriles is 1. The van der Waals surface area contributed by atoms with Crippen molar-refractivity contribution < 1.29 is 4.79 Å². The summed E-state index contributed by atoms with van der Waals surface area (Å²) in [4.78, 5) is 23.3. The average Bonchev–Trinajstić information content (AvgIpc) is 2.70. The number of piperidine rings is 1. The number of hydrogen-bond donors (Lipinski definition) is 5. The summed E-state index contributed by atoms with van der Waals surface area (Å²) in [5.74, 6) is -0.850. The van der Waals surface area contributed by atoms with Crippen LogP contribution in [0.3, 0.4) is 0 Å². The summed E-state index contributed by atoms with van der Waals surface area (Å²) < 4.78 is 0. The van der Waals surface area contributed by atoms with E-state index in [1.807, 2.05) is 12.1 Å². The van der Waals surface area contributed by atoms with E-state index in [4.69, 9.17) is 22.1 Å². The summed E-state index contributed by atoms with van der Waals surface area (Å²) >= 11 is 0. The zero-order valence-corrected chi connectivity index (χ0v) is 15.9. The standard InChI is InChI=1S/C19H23N9O/c20-5-1-12-9-25-18(26-10-12)16(17(22)23)19(29)27-14-11-24-6-2-15(14)28-7-3-13(21)4-8-28/h2,6,9-11,13,25H,1,3-4,7-8,21H2,(H3,22,23)(H,27,29)/b18-16+. The highest BCUT2D eigenvalue weighted by Crippen LogP contribution is 2.28. The first-order valence-electron chi connectivity index (χ1n) is 9.20. The summed E-state index contributed by atoms with van der Waals surface area (Å²) in [5, 5.41) is 22.2. The number of carbonyl (C=O) groups is 1. The van der Waals surface area contributed by atoms with Crippen LogP contribution in [-0.2, 0) is 4.79 Å². The molecule has 10 nitrogen and oxygen atoms in total. The Labute approximate surface area is 168 Å². The van der Waals surface area contributed by atoms with Gasteiger partial charge in [0.05, 0.1) is 30.1 Å². The third kappa shape index (κ3) is 4.77. The van der Waals surface area contributed by atoms with Crippen LogP contribution in [0.15, 0.2) is 46.6 Å². The van der Waals surface area contributed by atoms with Crippen molar-refractivity contribution in [2.45, 2.75) is 25.3 Å². The number of nitrogens with zero attached hydrogens (tertiary/aromatic N) is 4. The van der Waals surface area contributed by atoms with Gasteiger partial charge in [0.2, 0.25) is 0 Å². The van der Waals surface area contributed by atoms with E-state index in [2.05, 4.69) is 25.5 Å². The SMILES string of the molecule is N#CCC1=CN/C(=C(/C(=N)N)C(=O)Nc2cnccc2N2CCC(N)CC2)N=C1. The molecular weight excluding hydrogens is 370 g/mol. The number of nitrogens with one attached hydrogen (secondary N) is 3. The number of carbonyl (C=O) groups excluding carboxylic acids is 1. The molecule has 1 saturated heterocycles. The lowest BCUT2D eigenvalue weighted by atomic mass is 10.1. The van der Waals surface area contributed by atoms with Gasteiger partial charge >= 0.3 is 0 Å². The molecule has 2 aliphatic rings. The molecule has 2 aliphatic heterocycles. The quantitative estimate of drug-likeness (QED) is 0.276. The second-order valence-electron chi connectivity index (χ2n) is 6.77. The van der Waals surface area contributed by atoms with E-state index in [0.717, 1.165) is 31.6 Å². The lowest BCUT2D eigenvalue weighted by Gasteiger charge is -2.33. The zero-order chi connectivity index (χ0) is 20.8. The molecule has 10 heteroatoms. The Morgan fingerprint density at radius 1 is 1.45 bits per heavy atom. The fourth-order valence-corrected chi connectivity index (χ4v) is 3.15. The fourth-order valence-electron chi connectivity index (χ4n) is 3.15. The molecule has 29 heavy (non-hydrogen) atoms. The maximum atomic E-state index is 12.9. The predicted molar refractivity (Wildman–Crippen MR) is 111 cm³/mol. The summed E-state index contributed by atoms with van der Waals surface area (Å²) in [6, 6.07) is 4.04. The molecule has 0 bridgehead atoms. The van der Waals surface area contributed by atoms with Crippen LogP contribution in [0.2, 0.25) is 0 Å². The Morgan fingerprint density at radius 2 is 2.21 bits per heavy atom. The van der Waals surface area contributed by atoms with Gasteiger partial charge in [-0.2, -0.15) is 5.26 Å². The monoisotopic (exact) mass is 393 g/mol. The Kier molecular flexibility index (Phi) is 6.21. The highest BCUT2D eigenvalue weighted by molar-refractivity contribution is 6.24. The first-order chi connectivity index (χ1) is 14.0. The minimum Gasteiger partial charge on any atom is -0.383 e. The number of aromatic nitrogens is 1. The summed E-state index contributed by atoms with van der Waals surface area (Å²) in [5.41, 5.74) is 13.6. The van der Waals surface area contributed by atoms with Crippen molar-refractivity contribution in [1.29, 1.82) is 10.7 Å². The van der Waals surface area contributed by atoms with Gasteiger partial charge in [-0.05, 0) is 18.9 Å². The van der Waals surface area contributed by atoms with Crippen molar-refractivity contribution in [2.24, 2.45) is 16.5 Å². The summed E-state index contributed by atoms with van der Waals surface area (Å²) in [6.07, 6.45) is 8.18. The number of pyridine rings is 1. The molecule has 3 rings (SSSR count). The number of aliphatic imine (C=N–C) groups is 1. The largest absolute Gasteiger partial charge is 0.383 e. The van der Waals surface area contributed by atoms with Crippen LogP contribution < -0.4 is 27.0 Å². The van der Waals surface area contributed by atoms with Crippen LogP contribution >= 0.6 is 0 Å². The van der Waals surface area contributed by atoms with Crippen LogP contribution in [0.5, 0.6) is 0 Å². The van der Waals surface area contributed by atoms with Crippen molar-refractivity contribution in [3.8, 4) is 6.07 Å². The van der Waals surface area contributed by atoms with Gasteiger partial charge in [-0.1, -0.05) is 0 Å². The van der Waals surface area contributed by atoms with Gasteiger partial charge in [0.15, 0.2) is 0 Å². The molecule has 0 aliphatic carbocycles. The minimum absolute atomic E-state index is 0.0935. The van der Waals surface area contributed by atoms with Crippen molar-refractivity contribution >= 4 is 29.3 Å². The summed E-state index contributed by atoms with van der Waals surface area (Å²) in [6.45, 7) is 1.57. The van der Waals surface area contributed by atoms with Crippen molar-refractivity contribution in [3.63, 3.8) is 0 Å². The van der Waals surface area contributed by atoms with Crippen molar-refractivity contribution in [3.05, 3.63) is 41.6 Å². The number of anilines is 2. The van der Waals surface area contributed by atoms with E-state index in [0.29, 0.717) is 11.3 Å². The molecule has 1 amide bonds. The Hall–Kier alpha value is -3.71. The maximum Gasteiger partial charge on any atom is 0.263 e. The van der Waals surface area contributed by atoms with Crippen molar-refractivity contribution in [2.75, 3.05) is 23.3 Å². The molecule has 1 aromatic heterocycles. The molecule has 0 spiro atoms. The smallest absolute Gasteiger partial charge is 0.263 e. The number of rotatable bonds is 5. The fraction of sp³-hybridized carbons (Fsp3) is 0.316. The van der Waals surface area contributed by atoms with Gasteiger partial charge in [0, 0.05) is 43.3 Å². The highest BCUT2D eigenvalue weighted by atomic mass is 16.1. The number of hydrogen-bond acceptors (Lipinski definition) is 8. The van der Waals surface area contributed by atoms with E-state index in [1.54, 1.807) is 18.6 Å². The molecule has 0 radical (unpaired) electrons. The Balaban J connectivity index is 1.82. The van der Waals surface area contributed by atoms with Crippen LogP contribution in [0, 0.1) is 16.7 Å². The van der Waals surface area contributed by atoms with Gasteiger partial charge in [-0.15, -0.1) is 0 Å². The second-order valence-corrected chi connectivity index (χ2v) is 6.77. The Bertz CT molecular complexity index is 933. The third-order valence-electron chi connectivity index (χ3n) is 4.70. The molecule has 3 heterocycles. The van der Waals surface area contributed by atoms with Crippen LogP contribution in [0.1, 0.15) is 19.3 Å². The van der Waals surface area contributed by atoms with Gasteiger partial charge in [0.25, 0.3) is 5.91 Å². The molecule has 0 aromatic carbocycles. The zero-order valence-electron chi connectivity index (χ0n) is 15.9. The molecule has 1 fully saturated rings. The van der Waals surface area contributed by atoms with E-state index in [9.17, 15) is 4.79 Å². The van der Waals surface area contributed by atoms with Crippen molar-refractivity contribution in [1.82, 2.24) is 10.3 Å². The lowest BCUT2D eigenvalue weighted by molar-refractivity contribution is -0.112. The van der Waals surface area contributed by atoms with Crippen LogP contribution in [0.25, 0.3) is 0 Å². The third-order valence-corrected chi connectivity index (χ3v) is 4.70. The predicted octanol–water partition coefficient (Wildman–Crippen LogP) is 0.567.